The lowest BCUT2D eigenvalue weighted by atomic mass is 9.89. The minimum atomic E-state index is -1.08. The molecule has 3 rings (SSSR count). The first-order valence-electron chi connectivity index (χ1n) is 6.96. The van der Waals surface area contributed by atoms with Crippen molar-refractivity contribution in [2.75, 3.05) is 11.6 Å². The molecule has 0 aliphatic carbocycles. The third-order valence-electron chi connectivity index (χ3n) is 3.69. The number of fused-ring (bicyclic) bond motifs is 1. The predicted octanol–water partition coefficient (Wildman–Crippen LogP) is 2.33. The van der Waals surface area contributed by atoms with Crippen LogP contribution in [-0.2, 0) is 4.79 Å². The number of rotatable bonds is 3. The average molecular weight is 329 g/mol. The van der Waals surface area contributed by atoms with Gasteiger partial charge in [-0.05, 0) is 24.8 Å². The zero-order valence-corrected chi connectivity index (χ0v) is 13.4. The molecule has 0 bridgehead atoms. The summed E-state index contributed by atoms with van der Waals surface area (Å²) < 4.78 is 0. The molecule has 3 N–H and O–H groups in total. The number of allylic oxidation sites excluding steroid dienone is 1. The molecular formula is C16H15N3O3S. The van der Waals surface area contributed by atoms with E-state index in [2.05, 4.69) is 15.3 Å². The number of aliphatic carboxylic acids is 1. The molecule has 118 valence electrons. The molecule has 2 heterocycles. The van der Waals surface area contributed by atoms with E-state index in [9.17, 15) is 14.7 Å². The van der Waals surface area contributed by atoms with Gasteiger partial charge in [0.1, 0.15) is 11.5 Å². The van der Waals surface area contributed by atoms with Crippen LogP contribution < -0.4 is 10.9 Å². The Balaban J connectivity index is 2.20. The molecule has 0 amide bonds. The molecule has 1 aromatic carbocycles. The van der Waals surface area contributed by atoms with E-state index in [4.69, 9.17) is 0 Å². The van der Waals surface area contributed by atoms with Crippen LogP contribution in [0.25, 0.3) is 0 Å². The summed E-state index contributed by atoms with van der Waals surface area (Å²) in [5, 5.41) is 12.5. The number of nitrogens with one attached hydrogen (secondary N) is 2. The standard InChI is InChI=1S/C16H15N3O3S/c1-8-3-5-9(6-4-8)10-7-11(15(21)22)17-13-12(10)14(20)19-16(18-13)23-2/h3-7,10H,1-2H3,(H,21,22)(H2,17,18,19,20). The monoisotopic (exact) mass is 329 g/mol. The maximum absolute atomic E-state index is 12.4. The van der Waals surface area contributed by atoms with E-state index in [0.717, 1.165) is 11.1 Å². The summed E-state index contributed by atoms with van der Waals surface area (Å²) in [7, 11) is 0. The number of H-pyrrole nitrogens is 1. The zero-order valence-electron chi connectivity index (χ0n) is 12.6. The lowest BCUT2D eigenvalue weighted by molar-refractivity contribution is -0.132. The van der Waals surface area contributed by atoms with E-state index in [1.54, 1.807) is 12.3 Å². The zero-order chi connectivity index (χ0) is 16.6. The molecule has 0 saturated carbocycles. The van der Waals surface area contributed by atoms with Gasteiger partial charge in [0, 0.05) is 5.92 Å². The van der Waals surface area contributed by atoms with Crippen molar-refractivity contribution in [2.24, 2.45) is 0 Å². The lowest BCUT2D eigenvalue weighted by Crippen LogP contribution is -2.27. The Labute approximate surface area is 136 Å². The lowest BCUT2D eigenvalue weighted by Gasteiger charge is -2.23. The molecule has 23 heavy (non-hydrogen) atoms. The molecule has 0 saturated heterocycles. The molecule has 1 atom stereocenters. The summed E-state index contributed by atoms with van der Waals surface area (Å²) in [5.41, 5.74) is 2.12. The van der Waals surface area contributed by atoms with Crippen molar-refractivity contribution < 1.29 is 9.90 Å². The number of thioether (sulfide) groups is 1. The Morgan fingerprint density at radius 1 is 1.30 bits per heavy atom. The summed E-state index contributed by atoms with van der Waals surface area (Å²) in [6.45, 7) is 1.97. The molecule has 1 unspecified atom stereocenters. The molecule has 2 aromatic rings. The van der Waals surface area contributed by atoms with Crippen molar-refractivity contribution in [1.29, 1.82) is 0 Å². The molecule has 6 nitrogen and oxygen atoms in total. The number of hydrogen-bond donors (Lipinski definition) is 3. The molecule has 1 aliphatic heterocycles. The first-order chi connectivity index (χ1) is 11.0. The van der Waals surface area contributed by atoms with Crippen molar-refractivity contribution in [3.63, 3.8) is 0 Å². The van der Waals surface area contributed by atoms with Gasteiger partial charge >= 0.3 is 5.97 Å². The largest absolute Gasteiger partial charge is 0.477 e. The summed E-state index contributed by atoms with van der Waals surface area (Å²) in [6.07, 6.45) is 3.34. The predicted molar refractivity (Wildman–Crippen MR) is 89.0 cm³/mol. The molecule has 1 aromatic heterocycles. The van der Waals surface area contributed by atoms with Gasteiger partial charge in [0.25, 0.3) is 5.56 Å². The van der Waals surface area contributed by atoms with Crippen LogP contribution in [-0.4, -0.2) is 27.3 Å². The number of hydrogen-bond acceptors (Lipinski definition) is 5. The van der Waals surface area contributed by atoms with Gasteiger partial charge in [-0.1, -0.05) is 41.6 Å². The van der Waals surface area contributed by atoms with Crippen molar-refractivity contribution in [2.45, 2.75) is 18.0 Å². The van der Waals surface area contributed by atoms with Crippen LogP contribution in [0, 0.1) is 6.92 Å². The number of anilines is 1. The van der Waals surface area contributed by atoms with Crippen molar-refractivity contribution in [3.8, 4) is 0 Å². The number of aryl methyl sites for hydroxylation is 1. The van der Waals surface area contributed by atoms with Crippen LogP contribution in [0.4, 0.5) is 5.82 Å². The van der Waals surface area contributed by atoms with Gasteiger partial charge in [0.05, 0.1) is 5.56 Å². The third kappa shape index (κ3) is 2.87. The minimum absolute atomic E-state index is 0.0215. The summed E-state index contributed by atoms with van der Waals surface area (Å²) in [6, 6.07) is 7.66. The smallest absolute Gasteiger partial charge is 0.352 e. The highest BCUT2D eigenvalue weighted by molar-refractivity contribution is 7.98. The normalized spacial score (nSPS) is 16.3. The van der Waals surface area contributed by atoms with Crippen LogP contribution in [0.3, 0.4) is 0 Å². The van der Waals surface area contributed by atoms with Crippen molar-refractivity contribution in [3.05, 3.63) is 63.1 Å². The van der Waals surface area contributed by atoms with E-state index < -0.39 is 11.9 Å². The van der Waals surface area contributed by atoms with Gasteiger partial charge < -0.3 is 15.4 Å². The van der Waals surface area contributed by atoms with E-state index in [1.807, 2.05) is 31.2 Å². The van der Waals surface area contributed by atoms with Crippen LogP contribution in [0.1, 0.15) is 22.6 Å². The van der Waals surface area contributed by atoms with Gasteiger partial charge in [0.15, 0.2) is 5.16 Å². The van der Waals surface area contributed by atoms with Gasteiger partial charge in [-0.2, -0.15) is 0 Å². The molecule has 7 heteroatoms. The number of carbonyl (C=O) groups is 1. The highest BCUT2D eigenvalue weighted by Gasteiger charge is 2.28. The van der Waals surface area contributed by atoms with Crippen molar-refractivity contribution in [1.82, 2.24) is 9.97 Å². The Morgan fingerprint density at radius 2 is 2.00 bits per heavy atom. The van der Waals surface area contributed by atoms with E-state index in [-0.39, 0.29) is 11.3 Å². The number of carboxylic acid groups (broad SMARTS) is 1. The Bertz CT molecular complexity index is 856. The Morgan fingerprint density at radius 3 is 2.61 bits per heavy atom. The topological polar surface area (TPSA) is 95.1 Å². The van der Waals surface area contributed by atoms with Crippen LogP contribution in [0.15, 0.2) is 46.0 Å². The highest BCUT2D eigenvalue weighted by Crippen LogP contribution is 2.34. The van der Waals surface area contributed by atoms with Gasteiger partial charge in [0.2, 0.25) is 0 Å². The summed E-state index contributed by atoms with van der Waals surface area (Å²) >= 11 is 1.29. The van der Waals surface area contributed by atoms with Gasteiger partial charge in [-0.25, -0.2) is 9.78 Å². The van der Waals surface area contributed by atoms with Crippen LogP contribution in [0.2, 0.25) is 0 Å². The fraction of sp³-hybridized carbons (Fsp3) is 0.188. The number of nitrogens with zero attached hydrogens (tertiary/aromatic N) is 1. The second kappa shape index (κ2) is 5.92. The van der Waals surface area contributed by atoms with E-state index in [1.165, 1.54) is 11.8 Å². The molecular weight excluding hydrogens is 314 g/mol. The van der Waals surface area contributed by atoms with Crippen LogP contribution >= 0.6 is 11.8 Å². The average Bonchev–Trinajstić information content (AvgIpc) is 2.54. The fourth-order valence-corrected chi connectivity index (χ4v) is 2.90. The minimum Gasteiger partial charge on any atom is -0.477 e. The van der Waals surface area contributed by atoms with Gasteiger partial charge in [-0.15, -0.1) is 0 Å². The number of benzene rings is 1. The SMILES string of the molecule is CSc1nc2c(c(=O)[nH]1)C(c1ccc(C)cc1)C=C(C(=O)O)N2. The number of aromatic nitrogens is 2. The summed E-state index contributed by atoms with van der Waals surface area (Å²) in [5.74, 6) is -1.24. The quantitative estimate of drug-likeness (QED) is 0.591. The molecule has 0 fully saturated rings. The second-order valence-electron chi connectivity index (χ2n) is 5.24. The number of carboxylic acids is 1. The fourth-order valence-electron chi connectivity index (χ4n) is 2.52. The first kappa shape index (κ1) is 15.4. The molecule has 0 radical (unpaired) electrons. The maximum Gasteiger partial charge on any atom is 0.352 e. The molecule has 1 aliphatic rings. The highest BCUT2D eigenvalue weighted by atomic mass is 32.2. The Kier molecular flexibility index (Phi) is 3.96. The van der Waals surface area contributed by atoms with E-state index >= 15 is 0 Å². The maximum atomic E-state index is 12.4. The van der Waals surface area contributed by atoms with Gasteiger partial charge in [-0.3, -0.25) is 4.79 Å². The van der Waals surface area contributed by atoms with Crippen LogP contribution in [0.5, 0.6) is 0 Å². The Hall–Kier alpha value is -2.54. The number of aromatic amines is 1. The summed E-state index contributed by atoms with van der Waals surface area (Å²) in [4.78, 5) is 30.9. The second-order valence-corrected chi connectivity index (χ2v) is 6.03. The van der Waals surface area contributed by atoms with Crippen molar-refractivity contribution >= 4 is 23.5 Å². The van der Waals surface area contributed by atoms with E-state index in [0.29, 0.717) is 16.5 Å². The third-order valence-corrected chi connectivity index (χ3v) is 4.27. The first-order valence-corrected chi connectivity index (χ1v) is 8.19. The molecule has 0 spiro atoms.